The number of rotatable bonds is 10. The zero-order valence-electron chi connectivity index (χ0n) is 17.3. The first-order chi connectivity index (χ1) is 12.9. The molecule has 5 nitrogen and oxygen atoms in total. The highest BCUT2D eigenvalue weighted by Gasteiger charge is 2.14. The number of unbranched alkanes of at least 4 members (excludes halogenated alkanes) is 1. The van der Waals surface area contributed by atoms with E-state index < -0.39 is 0 Å². The summed E-state index contributed by atoms with van der Waals surface area (Å²) < 4.78 is 7.85. The van der Waals surface area contributed by atoms with Gasteiger partial charge in [0.2, 0.25) is 5.91 Å². The number of anilines is 1. The van der Waals surface area contributed by atoms with E-state index in [0.717, 1.165) is 42.2 Å². The zero-order valence-corrected chi connectivity index (χ0v) is 17.3. The van der Waals surface area contributed by atoms with Gasteiger partial charge in [-0.2, -0.15) is 5.10 Å². The molecule has 0 saturated carbocycles. The standard InChI is InChI=1S/C22H33N3O2/c1-6-7-14-27-21-11-9-8-10-20(21)23-22(26)13-12-19-17(4)24-25(18(19)5)15-16(2)3/h8-11,16H,6-7,12-15H2,1-5H3,(H,23,26). The summed E-state index contributed by atoms with van der Waals surface area (Å²) in [5.74, 6) is 1.27. The summed E-state index contributed by atoms with van der Waals surface area (Å²) in [4.78, 5) is 12.5. The predicted octanol–water partition coefficient (Wildman–Crippen LogP) is 4.91. The van der Waals surface area contributed by atoms with Gasteiger partial charge in [-0.1, -0.05) is 39.3 Å². The molecule has 0 spiro atoms. The van der Waals surface area contributed by atoms with Crippen LogP contribution in [0.25, 0.3) is 0 Å². The molecule has 0 saturated heterocycles. The van der Waals surface area contributed by atoms with Crippen LogP contribution >= 0.6 is 0 Å². The van der Waals surface area contributed by atoms with E-state index in [1.165, 1.54) is 5.56 Å². The molecule has 0 unspecified atom stereocenters. The molecule has 0 aliphatic rings. The monoisotopic (exact) mass is 371 g/mol. The molecular formula is C22H33N3O2. The van der Waals surface area contributed by atoms with E-state index in [0.29, 0.717) is 25.4 Å². The number of nitrogens with one attached hydrogen (secondary N) is 1. The average molecular weight is 372 g/mol. The summed E-state index contributed by atoms with van der Waals surface area (Å²) in [5, 5.41) is 7.63. The van der Waals surface area contributed by atoms with Gasteiger partial charge in [-0.15, -0.1) is 0 Å². The lowest BCUT2D eigenvalue weighted by molar-refractivity contribution is -0.116. The number of para-hydroxylation sites is 2. The second kappa shape index (κ2) is 10.1. The molecule has 0 bridgehead atoms. The SMILES string of the molecule is CCCCOc1ccccc1NC(=O)CCc1c(C)nn(CC(C)C)c1C. The van der Waals surface area contributed by atoms with Crippen molar-refractivity contribution in [1.29, 1.82) is 0 Å². The van der Waals surface area contributed by atoms with Crippen LogP contribution in [0.4, 0.5) is 5.69 Å². The first kappa shape index (κ1) is 21.0. The number of carbonyl (C=O) groups is 1. The van der Waals surface area contributed by atoms with Crippen molar-refractivity contribution in [2.45, 2.75) is 66.8 Å². The predicted molar refractivity (Wildman–Crippen MR) is 110 cm³/mol. The number of aryl methyl sites for hydroxylation is 1. The molecule has 1 aromatic heterocycles. The van der Waals surface area contributed by atoms with Gasteiger partial charge in [0.25, 0.3) is 0 Å². The van der Waals surface area contributed by atoms with Crippen molar-refractivity contribution >= 4 is 11.6 Å². The molecule has 5 heteroatoms. The van der Waals surface area contributed by atoms with Gasteiger partial charge in [0.15, 0.2) is 0 Å². The highest BCUT2D eigenvalue weighted by molar-refractivity contribution is 5.92. The van der Waals surface area contributed by atoms with Gasteiger partial charge in [0.05, 0.1) is 18.0 Å². The first-order valence-electron chi connectivity index (χ1n) is 9.96. The maximum absolute atomic E-state index is 12.5. The van der Waals surface area contributed by atoms with Crippen LogP contribution in [0.3, 0.4) is 0 Å². The Labute approximate surface area is 163 Å². The number of hydrogen-bond donors (Lipinski definition) is 1. The molecule has 1 aromatic carbocycles. The van der Waals surface area contributed by atoms with E-state index in [2.05, 4.69) is 42.8 Å². The third-order valence-corrected chi connectivity index (χ3v) is 4.59. The molecule has 27 heavy (non-hydrogen) atoms. The van der Waals surface area contributed by atoms with Gasteiger partial charge < -0.3 is 10.1 Å². The van der Waals surface area contributed by atoms with Crippen LogP contribution in [-0.4, -0.2) is 22.3 Å². The Bertz CT molecular complexity index is 750. The number of nitrogens with zero attached hydrogens (tertiary/aromatic N) is 2. The van der Waals surface area contributed by atoms with E-state index in [1.54, 1.807) is 0 Å². The molecule has 0 fully saturated rings. The van der Waals surface area contributed by atoms with Gasteiger partial charge >= 0.3 is 0 Å². The van der Waals surface area contributed by atoms with Crippen LogP contribution in [0.1, 0.15) is 57.0 Å². The van der Waals surface area contributed by atoms with Crippen molar-refractivity contribution in [1.82, 2.24) is 9.78 Å². The lowest BCUT2D eigenvalue weighted by Crippen LogP contribution is -2.14. The maximum atomic E-state index is 12.5. The Balaban J connectivity index is 1.96. The molecule has 0 atom stereocenters. The van der Waals surface area contributed by atoms with Crippen LogP contribution < -0.4 is 10.1 Å². The molecule has 1 heterocycles. The Hall–Kier alpha value is -2.30. The van der Waals surface area contributed by atoms with Gasteiger partial charge in [0.1, 0.15) is 5.75 Å². The van der Waals surface area contributed by atoms with E-state index in [-0.39, 0.29) is 5.91 Å². The van der Waals surface area contributed by atoms with Crippen molar-refractivity contribution in [2.24, 2.45) is 5.92 Å². The number of ether oxygens (including phenoxy) is 1. The fourth-order valence-electron chi connectivity index (χ4n) is 3.09. The van der Waals surface area contributed by atoms with Crippen LogP contribution in [0, 0.1) is 19.8 Å². The third kappa shape index (κ3) is 6.12. The van der Waals surface area contributed by atoms with E-state index in [9.17, 15) is 4.79 Å². The topological polar surface area (TPSA) is 56.1 Å². The lowest BCUT2D eigenvalue weighted by Gasteiger charge is -2.12. The largest absolute Gasteiger partial charge is 0.491 e. The smallest absolute Gasteiger partial charge is 0.224 e. The molecule has 2 aromatic rings. The highest BCUT2D eigenvalue weighted by atomic mass is 16.5. The summed E-state index contributed by atoms with van der Waals surface area (Å²) >= 11 is 0. The van der Waals surface area contributed by atoms with Crippen molar-refractivity contribution < 1.29 is 9.53 Å². The fraction of sp³-hybridized carbons (Fsp3) is 0.545. The first-order valence-corrected chi connectivity index (χ1v) is 9.96. The van der Waals surface area contributed by atoms with Gasteiger partial charge in [-0.05, 0) is 50.3 Å². The Kier molecular flexibility index (Phi) is 7.89. The Morgan fingerprint density at radius 1 is 1.26 bits per heavy atom. The normalized spacial score (nSPS) is 11.0. The molecule has 2 rings (SSSR count). The average Bonchev–Trinajstić information content (AvgIpc) is 2.87. The third-order valence-electron chi connectivity index (χ3n) is 4.59. The minimum atomic E-state index is -0.00282. The molecule has 0 aliphatic heterocycles. The number of carbonyl (C=O) groups excluding carboxylic acids is 1. The number of hydrogen-bond acceptors (Lipinski definition) is 3. The number of benzene rings is 1. The van der Waals surface area contributed by atoms with Gasteiger partial charge in [-0.3, -0.25) is 9.48 Å². The van der Waals surface area contributed by atoms with Crippen LogP contribution in [-0.2, 0) is 17.8 Å². The highest BCUT2D eigenvalue weighted by Crippen LogP contribution is 2.24. The molecular weight excluding hydrogens is 338 g/mol. The van der Waals surface area contributed by atoms with E-state index in [1.807, 2.05) is 31.2 Å². The quantitative estimate of drug-likeness (QED) is 0.604. The molecule has 0 radical (unpaired) electrons. The molecule has 148 valence electrons. The minimum absolute atomic E-state index is 0.00282. The summed E-state index contributed by atoms with van der Waals surface area (Å²) in [6, 6.07) is 7.62. The molecule has 1 amide bonds. The summed E-state index contributed by atoms with van der Waals surface area (Å²) in [7, 11) is 0. The zero-order chi connectivity index (χ0) is 19.8. The maximum Gasteiger partial charge on any atom is 0.224 e. The summed E-state index contributed by atoms with van der Waals surface area (Å²) in [6.07, 6.45) is 3.21. The van der Waals surface area contributed by atoms with Crippen molar-refractivity contribution in [3.63, 3.8) is 0 Å². The van der Waals surface area contributed by atoms with Crippen LogP contribution in [0.5, 0.6) is 5.75 Å². The lowest BCUT2D eigenvalue weighted by atomic mass is 10.1. The van der Waals surface area contributed by atoms with Crippen molar-refractivity contribution in [3.8, 4) is 5.75 Å². The molecule has 1 N–H and O–H groups in total. The Morgan fingerprint density at radius 3 is 2.70 bits per heavy atom. The van der Waals surface area contributed by atoms with Crippen molar-refractivity contribution in [2.75, 3.05) is 11.9 Å². The van der Waals surface area contributed by atoms with E-state index in [4.69, 9.17) is 4.74 Å². The summed E-state index contributed by atoms with van der Waals surface area (Å²) in [5.41, 5.74) is 4.10. The Morgan fingerprint density at radius 2 is 2.00 bits per heavy atom. The van der Waals surface area contributed by atoms with Gasteiger partial charge in [0, 0.05) is 18.7 Å². The van der Waals surface area contributed by atoms with Gasteiger partial charge in [-0.25, -0.2) is 0 Å². The van der Waals surface area contributed by atoms with E-state index >= 15 is 0 Å². The fourth-order valence-corrected chi connectivity index (χ4v) is 3.09. The second-order valence-corrected chi connectivity index (χ2v) is 7.47. The van der Waals surface area contributed by atoms with Crippen LogP contribution in [0.2, 0.25) is 0 Å². The number of aromatic nitrogens is 2. The number of amides is 1. The minimum Gasteiger partial charge on any atom is -0.491 e. The van der Waals surface area contributed by atoms with Crippen molar-refractivity contribution in [3.05, 3.63) is 41.2 Å². The summed E-state index contributed by atoms with van der Waals surface area (Å²) in [6.45, 7) is 12.2. The second-order valence-electron chi connectivity index (χ2n) is 7.47. The van der Waals surface area contributed by atoms with Crippen LogP contribution in [0.15, 0.2) is 24.3 Å². The molecule has 0 aliphatic carbocycles.